The minimum absolute atomic E-state index is 0.0469. The predicted octanol–water partition coefficient (Wildman–Crippen LogP) is 3.47. The van der Waals surface area contributed by atoms with Gasteiger partial charge in [0.05, 0.1) is 29.9 Å². The molecule has 4 rings (SSSR count). The molecular weight excluding hydrogens is 472 g/mol. The molecule has 10 heteroatoms. The normalized spacial score (nSPS) is 17.0. The van der Waals surface area contributed by atoms with Gasteiger partial charge in [-0.1, -0.05) is 36.4 Å². The lowest BCUT2D eigenvalue weighted by Crippen LogP contribution is -2.30. The average Bonchev–Trinajstić information content (AvgIpc) is 2.92. The Labute approximate surface area is 214 Å². The lowest BCUT2D eigenvalue weighted by Gasteiger charge is -2.28. The summed E-state index contributed by atoms with van der Waals surface area (Å²) in [5.41, 5.74) is 8.67. The van der Waals surface area contributed by atoms with Gasteiger partial charge in [-0.25, -0.2) is 9.97 Å². The van der Waals surface area contributed by atoms with Crippen LogP contribution >= 0.6 is 0 Å². The van der Waals surface area contributed by atoms with Crippen molar-refractivity contribution in [3.63, 3.8) is 0 Å². The highest BCUT2D eigenvalue weighted by Crippen LogP contribution is 2.29. The Morgan fingerprint density at radius 2 is 1.78 bits per heavy atom. The van der Waals surface area contributed by atoms with Crippen molar-refractivity contribution in [1.29, 1.82) is 5.41 Å². The highest BCUT2D eigenvalue weighted by atomic mass is 16.5. The number of benzene rings is 2. The number of nitrogen functional groups attached to an aromatic ring is 1. The monoisotopic (exact) mass is 502 g/mol. The molecule has 0 atom stereocenters. The maximum Gasteiger partial charge on any atom is 0.306 e. The molecule has 192 valence electrons. The van der Waals surface area contributed by atoms with E-state index < -0.39 is 5.97 Å². The second kappa shape index (κ2) is 11.5. The number of carbonyl (C=O) groups is 2. The Bertz CT molecular complexity index is 1290. The van der Waals surface area contributed by atoms with Crippen LogP contribution < -0.4 is 21.1 Å². The van der Waals surface area contributed by atoms with Crippen molar-refractivity contribution in [3.8, 4) is 5.75 Å². The van der Waals surface area contributed by atoms with Gasteiger partial charge in [0.15, 0.2) is 0 Å². The molecule has 1 heterocycles. The number of nitrogens with one attached hydrogen (secondary N) is 3. The number of amides is 1. The Balaban J connectivity index is 1.42. The van der Waals surface area contributed by atoms with E-state index in [0.717, 1.165) is 5.56 Å². The van der Waals surface area contributed by atoms with Crippen LogP contribution in [0.5, 0.6) is 5.75 Å². The molecule has 0 unspecified atom stereocenters. The highest BCUT2D eigenvalue weighted by Gasteiger charge is 2.27. The second-order valence-electron chi connectivity index (χ2n) is 8.97. The number of para-hydroxylation sites is 1. The third-order valence-corrected chi connectivity index (χ3v) is 6.59. The lowest BCUT2D eigenvalue weighted by atomic mass is 9.86. The van der Waals surface area contributed by atoms with Crippen LogP contribution in [0.1, 0.15) is 52.7 Å². The summed E-state index contributed by atoms with van der Waals surface area (Å²) in [6.07, 6.45) is 3.93. The summed E-state index contributed by atoms with van der Waals surface area (Å²) < 4.78 is 5.25. The molecular formula is C27H30N6O4. The molecule has 3 aromatic rings. The summed E-state index contributed by atoms with van der Waals surface area (Å²) in [5.74, 6) is -0.152. The van der Waals surface area contributed by atoms with Gasteiger partial charge in [-0.05, 0) is 43.4 Å². The summed E-state index contributed by atoms with van der Waals surface area (Å²) in [6.45, 7) is 0.312. The molecule has 37 heavy (non-hydrogen) atoms. The molecule has 1 aromatic heterocycles. The van der Waals surface area contributed by atoms with E-state index in [1.807, 2.05) is 12.1 Å². The molecule has 10 nitrogen and oxygen atoms in total. The quantitative estimate of drug-likeness (QED) is 0.278. The molecule has 1 aliphatic carbocycles. The van der Waals surface area contributed by atoms with E-state index in [-0.39, 0.29) is 29.4 Å². The topological polar surface area (TPSA) is 163 Å². The van der Waals surface area contributed by atoms with Gasteiger partial charge in [0, 0.05) is 18.2 Å². The molecule has 0 spiro atoms. The molecule has 1 amide bonds. The molecule has 0 bridgehead atoms. The number of nitrogens with zero attached hydrogens (tertiary/aromatic N) is 2. The van der Waals surface area contributed by atoms with Crippen molar-refractivity contribution >= 4 is 29.2 Å². The third kappa shape index (κ3) is 6.03. The Morgan fingerprint density at radius 3 is 2.46 bits per heavy atom. The average molecular weight is 503 g/mol. The minimum atomic E-state index is -0.755. The van der Waals surface area contributed by atoms with Crippen LogP contribution in [0.15, 0.2) is 54.9 Å². The van der Waals surface area contributed by atoms with Crippen LogP contribution in [0.4, 0.5) is 11.6 Å². The number of anilines is 2. The third-order valence-electron chi connectivity index (χ3n) is 6.59. The van der Waals surface area contributed by atoms with E-state index in [0.29, 0.717) is 60.5 Å². The minimum Gasteiger partial charge on any atom is -0.496 e. The zero-order valence-electron chi connectivity index (χ0n) is 20.5. The smallest absolute Gasteiger partial charge is 0.306 e. The van der Waals surface area contributed by atoms with Gasteiger partial charge in [-0.2, -0.15) is 0 Å². The number of hydrogen-bond acceptors (Lipinski definition) is 8. The molecule has 6 N–H and O–H groups in total. The van der Waals surface area contributed by atoms with Crippen molar-refractivity contribution in [3.05, 3.63) is 77.1 Å². The van der Waals surface area contributed by atoms with Gasteiger partial charge in [0.2, 0.25) is 0 Å². The Kier molecular flexibility index (Phi) is 7.97. The number of carboxylic acid groups (broad SMARTS) is 1. The first kappa shape index (κ1) is 25.6. The van der Waals surface area contributed by atoms with E-state index in [4.69, 9.17) is 15.9 Å². The number of methoxy groups -OCH3 is 1. The first-order chi connectivity index (χ1) is 17.9. The van der Waals surface area contributed by atoms with E-state index in [2.05, 4.69) is 20.6 Å². The van der Waals surface area contributed by atoms with Crippen LogP contribution in [-0.4, -0.2) is 45.8 Å². The van der Waals surface area contributed by atoms with Gasteiger partial charge >= 0.3 is 5.97 Å². The van der Waals surface area contributed by atoms with E-state index in [9.17, 15) is 14.7 Å². The fourth-order valence-corrected chi connectivity index (χ4v) is 4.48. The number of nitrogens with two attached hydrogens (primary N) is 1. The van der Waals surface area contributed by atoms with Gasteiger partial charge in [-0.3, -0.25) is 15.0 Å². The zero-order chi connectivity index (χ0) is 26.4. The number of carbonyl (C=O) groups excluding carboxylic acids is 1. The van der Waals surface area contributed by atoms with Gasteiger partial charge in [-0.15, -0.1) is 0 Å². The molecule has 0 radical (unpaired) electrons. The van der Waals surface area contributed by atoms with Crippen LogP contribution in [0.25, 0.3) is 0 Å². The Hall–Kier alpha value is -4.47. The van der Waals surface area contributed by atoms with Gasteiger partial charge in [0.25, 0.3) is 5.91 Å². The number of hydrogen-bond donors (Lipinski definition) is 5. The second-order valence-corrected chi connectivity index (χ2v) is 8.97. The molecule has 1 saturated carbocycles. The maximum atomic E-state index is 12.6. The molecule has 0 aliphatic heterocycles. The van der Waals surface area contributed by atoms with Crippen molar-refractivity contribution in [2.24, 2.45) is 5.92 Å². The van der Waals surface area contributed by atoms with Gasteiger partial charge < -0.3 is 26.2 Å². The fourth-order valence-electron chi connectivity index (χ4n) is 4.48. The van der Waals surface area contributed by atoms with Crippen LogP contribution in [0.3, 0.4) is 0 Å². The summed E-state index contributed by atoms with van der Waals surface area (Å²) in [7, 11) is 1.52. The van der Waals surface area contributed by atoms with Gasteiger partial charge in [0.1, 0.15) is 23.7 Å². The molecule has 1 fully saturated rings. The fraction of sp³-hybridized carbons (Fsp3) is 0.296. The van der Waals surface area contributed by atoms with E-state index in [1.54, 1.807) is 36.4 Å². The number of aromatic nitrogens is 2. The highest BCUT2D eigenvalue weighted by molar-refractivity contribution is 6.16. The van der Waals surface area contributed by atoms with Crippen molar-refractivity contribution in [1.82, 2.24) is 15.3 Å². The number of aliphatic carboxylic acids is 1. The van der Waals surface area contributed by atoms with Crippen LogP contribution in [0.2, 0.25) is 0 Å². The summed E-state index contributed by atoms with van der Waals surface area (Å²) in [6, 6.07) is 14.3. The Morgan fingerprint density at radius 1 is 1.08 bits per heavy atom. The maximum absolute atomic E-state index is 12.6. The van der Waals surface area contributed by atoms with E-state index >= 15 is 0 Å². The van der Waals surface area contributed by atoms with Crippen LogP contribution in [-0.2, 0) is 11.3 Å². The molecule has 2 aromatic carbocycles. The van der Waals surface area contributed by atoms with Crippen molar-refractivity contribution in [2.45, 2.75) is 38.3 Å². The first-order valence-corrected chi connectivity index (χ1v) is 12.1. The SMILES string of the molecule is COc1ccccc1C(=O)NCc1ccc(C(=N)c2c(N)ncnc2NC2CCC(C(=O)O)CC2)cc1. The summed E-state index contributed by atoms with van der Waals surface area (Å²) >= 11 is 0. The lowest BCUT2D eigenvalue weighted by molar-refractivity contribution is -0.142. The number of carboxylic acids is 1. The molecule has 1 aliphatic rings. The first-order valence-electron chi connectivity index (χ1n) is 12.1. The zero-order valence-corrected chi connectivity index (χ0v) is 20.5. The van der Waals surface area contributed by atoms with Crippen LogP contribution in [0, 0.1) is 11.3 Å². The standard InChI is InChI=1S/C27H30N6O4/c1-37-21-5-3-2-4-20(21)26(34)30-14-16-6-8-17(9-7-16)23(28)22-24(29)31-15-32-25(22)33-19-12-10-18(11-13-19)27(35)36/h2-9,15,18-19,28H,10-14H2,1H3,(H,30,34)(H,35,36)(H3,29,31,32,33). The largest absolute Gasteiger partial charge is 0.496 e. The van der Waals surface area contributed by atoms with E-state index in [1.165, 1.54) is 13.4 Å². The summed E-state index contributed by atoms with van der Waals surface area (Å²) in [5, 5.41) is 24.3. The number of rotatable bonds is 9. The molecule has 0 saturated heterocycles. The van der Waals surface area contributed by atoms with Crippen molar-refractivity contribution < 1.29 is 19.4 Å². The summed E-state index contributed by atoms with van der Waals surface area (Å²) in [4.78, 5) is 32.2. The predicted molar refractivity (Wildman–Crippen MR) is 140 cm³/mol. The number of ether oxygens (including phenoxy) is 1. The van der Waals surface area contributed by atoms with Crippen molar-refractivity contribution in [2.75, 3.05) is 18.2 Å².